The summed E-state index contributed by atoms with van der Waals surface area (Å²) in [6, 6.07) is 14.8. The molecule has 2 heterocycles. The van der Waals surface area contributed by atoms with Crippen molar-refractivity contribution in [2.45, 2.75) is 24.9 Å². The SMILES string of the molecule is O=c1ccc2ccc3c(c2o1)CC1C(C3)N1c1ccc([N+](=O)[O-])cc1. The topological polar surface area (TPSA) is 76.4 Å². The van der Waals surface area contributed by atoms with Crippen LogP contribution in [0.2, 0.25) is 0 Å². The van der Waals surface area contributed by atoms with Crippen molar-refractivity contribution in [3.8, 4) is 0 Å². The van der Waals surface area contributed by atoms with E-state index in [9.17, 15) is 14.9 Å². The van der Waals surface area contributed by atoms with Gasteiger partial charge in [0.2, 0.25) is 0 Å². The molecule has 3 aromatic rings. The lowest BCUT2D eigenvalue weighted by molar-refractivity contribution is -0.384. The molecule has 6 nitrogen and oxygen atoms in total. The van der Waals surface area contributed by atoms with Crippen LogP contribution in [0.25, 0.3) is 11.0 Å². The van der Waals surface area contributed by atoms with Crippen LogP contribution in [0.15, 0.2) is 57.7 Å². The lowest BCUT2D eigenvalue weighted by Gasteiger charge is -2.13. The first-order valence-electron chi connectivity index (χ1n) is 8.19. The Hall–Kier alpha value is -3.15. The Kier molecular flexibility index (Phi) is 2.80. The third-order valence-electron chi connectivity index (χ3n) is 5.26. The lowest BCUT2D eigenvalue weighted by atomic mass is 9.90. The molecule has 0 bridgehead atoms. The maximum absolute atomic E-state index is 11.6. The summed E-state index contributed by atoms with van der Waals surface area (Å²) in [5.41, 5.74) is 3.79. The van der Waals surface area contributed by atoms with E-state index in [1.807, 2.05) is 6.07 Å². The van der Waals surface area contributed by atoms with Crippen molar-refractivity contribution in [2.24, 2.45) is 0 Å². The van der Waals surface area contributed by atoms with Gasteiger partial charge in [0.25, 0.3) is 5.69 Å². The summed E-state index contributed by atoms with van der Waals surface area (Å²) in [5.74, 6) is 0. The first kappa shape index (κ1) is 14.2. The molecule has 0 amide bonds. The van der Waals surface area contributed by atoms with E-state index in [-0.39, 0.29) is 16.2 Å². The average Bonchev–Trinajstić information content (AvgIpc) is 3.32. The van der Waals surface area contributed by atoms with Crippen LogP contribution in [0.4, 0.5) is 11.4 Å². The van der Waals surface area contributed by atoms with E-state index in [1.165, 1.54) is 11.6 Å². The maximum Gasteiger partial charge on any atom is 0.336 e. The average molecular weight is 334 g/mol. The Morgan fingerprint density at radius 2 is 1.72 bits per heavy atom. The van der Waals surface area contributed by atoms with Crippen molar-refractivity contribution in [3.05, 3.63) is 80.2 Å². The van der Waals surface area contributed by atoms with Gasteiger partial charge in [-0.3, -0.25) is 10.1 Å². The van der Waals surface area contributed by atoms with Crippen LogP contribution in [0.5, 0.6) is 0 Å². The maximum atomic E-state index is 11.6. The lowest BCUT2D eigenvalue weighted by Crippen LogP contribution is -2.12. The van der Waals surface area contributed by atoms with Crippen molar-refractivity contribution >= 4 is 22.3 Å². The predicted molar refractivity (Wildman–Crippen MR) is 93.0 cm³/mol. The molecule has 0 spiro atoms. The largest absolute Gasteiger partial charge is 0.422 e. The summed E-state index contributed by atoms with van der Waals surface area (Å²) >= 11 is 0. The van der Waals surface area contributed by atoms with E-state index >= 15 is 0 Å². The minimum absolute atomic E-state index is 0.102. The van der Waals surface area contributed by atoms with Crippen LogP contribution in [-0.4, -0.2) is 17.0 Å². The summed E-state index contributed by atoms with van der Waals surface area (Å²) in [5, 5.41) is 11.7. The second kappa shape index (κ2) is 4.92. The molecule has 2 unspecified atom stereocenters. The Morgan fingerprint density at radius 3 is 2.48 bits per heavy atom. The standard InChI is InChI=1S/C19H14N2O4/c22-18-8-3-11-1-2-12-9-16-17(10-15(12)19(11)25-18)20(16)13-4-6-14(7-5-13)21(23)24/h1-8,16-17H,9-10H2. The quantitative estimate of drug-likeness (QED) is 0.311. The summed E-state index contributed by atoms with van der Waals surface area (Å²) in [4.78, 5) is 24.3. The van der Waals surface area contributed by atoms with Crippen molar-refractivity contribution in [1.82, 2.24) is 0 Å². The minimum Gasteiger partial charge on any atom is -0.422 e. The first-order chi connectivity index (χ1) is 12.1. The third-order valence-corrected chi connectivity index (χ3v) is 5.26. The minimum atomic E-state index is -0.386. The molecule has 124 valence electrons. The molecule has 2 atom stereocenters. The smallest absolute Gasteiger partial charge is 0.336 e. The Balaban J connectivity index is 1.49. The molecule has 6 heteroatoms. The van der Waals surface area contributed by atoms with E-state index in [2.05, 4.69) is 11.0 Å². The summed E-state index contributed by atoms with van der Waals surface area (Å²) in [6.07, 6.45) is 1.72. The zero-order valence-electron chi connectivity index (χ0n) is 13.2. The van der Waals surface area contributed by atoms with Crippen LogP contribution in [0.3, 0.4) is 0 Å². The molecule has 0 radical (unpaired) electrons. The number of hydrogen-bond acceptors (Lipinski definition) is 5. The van der Waals surface area contributed by atoms with Crippen LogP contribution < -0.4 is 10.5 Å². The van der Waals surface area contributed by atoms with Crippen LogP contribution in [0, 0.1) is 10.1 Å². The van der Waals surface area contributed by atoms with Gasteiger partial charge in [0.15, 0.2) is 0 Å². The fourth-order valence-corrected chi connectivity index (χ4v) is 4.01. The molecular weight excluding hydrogens is 320 g/mol. The highest BCUT2D eigenvalue weighted by Gasteiger charge is 2.50. The highest BCUT2D eigenvalue weighted by molar-refractivity contribution is 5.82. The van der Waals surface area contributed by atoms with E-state index in [1.54, 1.807) is 30.3 Å². The van der Waals surface area contributed by atoms with E-state index in [4.69, 9.17) is 4.42 Å². The number of benzene rings is 2. The van der Waals surface area contributed by atoms with Crippen molar-refractivity contribution in [1.29, 1.82) is 0 Å². The zero-order chi connectivity index (χ0) is 17.1. The van der Waals surface area contributed by atoms with Gasteiger partial charge >= 0.3 is 5.63 Å². The Bertz CT molecular complexity index is 1070. The molecule has 2 aromatic carbocycles. The van der Waals surface area contributed by atoms with Gasteiger partial charge in [0.05, 0.1) is 17.0 Å². The summed E-state index contributed by atoms with van der Waals surface area (Å²) in [7, 11) is 0. The van der Waals surface area contributed by atoms with Gasteiger partial charge in [-0.25, -0.2) is 4.79 Å². The van der Waals surface area contributed by atoms with Crippen molar-refractivity contribution in [2.75, 3.05) is 4.90 Å². The van der Waals surface area contributed by atoms with Crippen LogP contribution >= 0.6 is 0 Å². The molecule has 2 aliphatic rings. The van der Waals surface area contributed by atoms with Crippen LogP contribution in [0.1, 0.15) is 11.1 Å². The molecule has 0 N–H and O–H groups in total. The summed E-state index contributed by atoms with van der Waals surface area (Å²) in [6.45, 7) is 0. The second-order valence-corrected chi connectivity index (χ2v) is 6.60. The van der Waals surface area contributed by atoms with E-state index in [0.717, 1.165) is 29.5 Å². The fraction of sp³-hybridized carbons (Fsp3) is 0.211. The number of rotatable bonds is 2. The molecule has 25 heavy (non-hydrogen) atoms. The summed E-state index contributed by atoms with van der Waals surface area (Å²) < 4.78 is 5.46. The number of anilines is 1. The predicted octanol–water partition coefficient (Wildman–Crippen LogP) is 3.06. The third kappa shape index (κ3) is 2.14. The van der Waals surface area contributed by atoms with Gasteiger partial charge in [0, 0.05) is 34.8 Å². The number of hydrogen-bond donors (Lipinski definition) is 0. The zero-order valence-corrected chi connectivity index (χ0v) is 13.2. The van der Waals surface area contributed by atoms with Gasteiger partial charge in [-0.2, -0.15) is 0 Å². The molecule has 0 saturated carbocycles. The van der Waals surface area contributed by atoms with Gasteiger partial charge in [-0.1, -0.05) is 12.1 Å². The molecule has 1 saturated heterocycles. The first-order valence-corrected chi connectivity index (χ1v) is 8.19. The van der Waals surface area contributed by atoms with Crippen molar-refractivity contribution < 1.29 is 9.34 Å². The van der Waals surface area contributed by atoms with Crippen molar-refractivity contribution in [3.63, 3.8) is 0 Å². The highest BCUT2D eigenvalue weighted by Crippen LogP contribution is 2.44. The number of nitro benzene ring substituents is 1. The number of non-ortho nitro benzene ring substituents is 1. The molecule has 1 fully saturated rings. The van der Waals surface area contributed by atoms with Gasteiger partial charge < -0.3 is 9.32 Å². The van der Waals surface area contributed by atoms with Crippen LogP contribution in [-0.2, 0) is 12.8 Å². The van der Waals surface area contributed by atoms with E-state index < -0.39 is 0 Å². The van der Waals surface area contributed by atoms with Gasteiger partial charge in [0.1, 0.15) is 5.58 Å². The molecular formula is C19H14N2O4. The van der Waals surface area contributed by atoms with Gasteiger partial charge in [-0.05, 0) is 36.6 Å². The molecule has 1 aliphatic carbocycles. The van der Waals surface area contributed by atoms with E-state index in [0.29, 0.717) is 17.7 Å². The second-order valence-electron chi connectivity index (χ2n) is 6.60. The monoisotopic (exact) mass is 334 g/mol. The molecule has 1 aromatic heterocycles. The Morgan fingerprint density at radius 1 is 1.00 bits per heavy atom. The van der Waals surface area contributed by atoms with Gasteiger partial charge in [-0.15, -0.1) is 0 Å². The molecule has 5 rings (SSSR count). The highest BCUT2D eigenvalue weighted by atomic mass is 16.6. The number of nitro groups is 1. The normalized spacial score (nSPS) is 20.9. The Labute approximate surface area is 142 Å². The number of fused-ring (bicyclic) bond motifs is 4. The number of nitrogens with zero attached hydrogens (tertiary/aromatic N) is 2. The fourth-order valence-electron chi connectivity index (χ4n) is 4.01. The molecule has 1 aliphatic heterocycles.